The van der Waals surface area contributed by atoms with Crippen LogP contribution in [0.25, 0.3) is 0 Å². The van der Waals surface area contributed by atoms with Crippen LogP contribution >= 0.6 is 0 Å². The van der Waals surface area contributed by atoms with Gasteiger partial charge >= 0.3 is 0 Å². The molecule has 0 radical (unpaired) electrons. The molecule has 1 aliphatic rings. The standard InChI is InChI=1S/C18H23N3O2/c1-5-14-15-7-6-8-20(15)9-10-21(14)18(23)16-11(2)17(13(4)22)19-12(16)3/h6-8,14,19H,5,9-10H2,1-4H3/t14-/m0/s1. The van der Waals surface area contributed by atoms with E-state index in [-0.39, 0.29) is 17.7 Å². The highest BCUT2D eigenvalue weighted by molar-refractivity contribution is 6.02. The molecule has 2 aromatic rings. The summed E-state index contributed by atoms with van der Waals surface area (Å²) in [6.45, 7) is 8.84. The van der Waals surface area contributed by atoms with Crippen molar-refractivity contribution in [3.8, 4) is 0 Å². The number of hydrogen-bond acceptors (Lipinski definition) is 2. The lowest BCUT2D eigenvalue weighted by Crippen LogP contribution is -2.42. The van der Waals surface area contributed by atoms with Crippen LogP contribution in [0.1, 0.15) is 64.1 Å². The highest BCUT2D eigenvalue weighted by Crippen LogP contribution is 2.31. The predicted octanol–water partition coefficient (Wildman–Crippen LogP) is 3.24. The van der Waals surface area contributed by atoms with Crippen LogP contribution in [0, 0.1) is 13.8 Å². The molecule has 0 spiro atoms. The molecule has 5 heteroatoms. The molecule has 3 rings (SSSR count). The largest absolute Gasteiger partial charge is 0.355 e. The molecular formula is C18H23N3O2. The van der Waals surface area contributed by atoms with Gasteiger partial charge in [-0.15, -0.1) is 0 Å². The minimum Gasteiger partial charge on any atom is -0.355 e. The van der Waals surface area contributed by atoms with Crippen LogP contribution in [0.5, 0.6) is 0 Å². The fourth-order valence-corrected chi connectivity index (χ4v) is 3.70. The lowest BCUT2D eigenvalue weighted by atomic mass is 10.0. The number of H-pyrrole nitrogens is 1. The van der Waals surface area contributed by atoms with Crippen molar-refractivity contribution >= 4 is 11.7 Å². The number of aromatic nitrogens is 2. The van der Waals surface area contributed by atoms with Gasteiger partial charge in [0.25, 0.3) is 5.91 Å². The molecule has 122 valence electrons. The van der Waals surface area contributed by atoms with Crippen LogP contribution < -0.4 is 0 Å². The predicted molar refractivity (Wildman–Crippen MR) is 88.8 cm³/mol. The lowest BCUT2D eigenvalue weighted by molar-refractivity contribution is 0.0616. The summed E-state index contributed by atoms with van der Waals surface area (Å²) in [5.74, 6) is -0.0211. The highest BCUT2D eigenvalue weighted by Gasteiger charge is 2.32. The van der Waals surface area contributed by atoms with E-state index >= 15 is 0 Å². The number of carbonyl (C=O) groups excluding carboxylic acids is 2. The topological polar surface area (TPSA) is 58.1 Å². The Balaban J connectivity index is 2.00. The van der Waals surface area contributed by atoms with Crippen LogP contribution in [0.2, 0.25) is 0 Å². The van der Waals surface area contributed by atoms with Gasteiger partial charge in [0, 0.05) is 37.6 Å². The average molecular weight is 313 g/mol. The van der Waals surface area contributed by atoms with Crippen LogP contribution in [0.15, 0.2) is 18.3 Å². The number of amides is 1. The molecule has 2 aromatic heterocycles. The second kappa shape index (κ2) is 5.72. The van der Waals surface area contributed by atoms with Crippen molar-refractivity contribution in [3.05, 3.63) is 46.5 Å². The first kappa shape index (κ1) is 15.6. The molecule has 0 unspecified atom stereocenters. The number of nitrogens with zero attached hydrogens (tertiary/aromatic N) is 2. The third-order valence-electron chi connectivity index (χ3n) is 4.82. The molecule has 0 aliphatic carbocycles. The number of fused-ring (bicyclic) bond motifs is 1. The second-order valence-corrected chi connectivity index (χ2v) is 6.23. The summed E-state index contributed by atoms with van der Waals surface area (Å²) in [6.07, 6.45) is 2.94. The third kappa shape index (κ3) is 2.40. The summed E-state index contributed by atoms with van der Waals surface area (Å²) in [5.41, 5.74) is 3.90. The normalized spacial score (nSPS) is 17.2. The molecule has 1 aliphatic heterocycles. The molecule has 1 atom stereocenters. The van der Waals surface area contributed by atoms with Crippen molar-refractivity contribution in [2.45, 2.75) is 46.7 Å². The van der Waals surface area contributed by atoms with Crippen LogP contribution in [-0.2, 0) is 6.54 Å². The van der Waals surface area contributed by atoms with E-state index < -0.39 is 0 Å². The Labute approximate surface area is 136 Å². The van der Waals surface area contributed by atoms with Crippen molar-refractivity contribution in [2.75, 3.05) is 6.54 Å². The van der Waals surface area contributed by atoms with E-state index in [2.05, 4.69) is 28.7 Å². The summed E-state index contributed by atoms with van der Waals surface area (Å²) >= 11 is 0. The van der Waals surface area contributed by atoms with Gasteiger partial charge in [-0.1, -0.05) is 6.92 Å². The van der Waals surface area contributed by atoms with Gasteiger partial charge in [0.2, 0.25) is 0 Å². The summed E-state index contributed by atoms with van der Waals surface area (Å²) in [7, 11) is 0. The molecule has 0 aromatic carbocycles. The molecule has 1 N–H and O–H groups in total. The number of aromatic amines is 1. The number of Topliss-reactive ketones (excluding diaryl/α,β-unsaturated/α-hetero) is 1. The minimum atomic E-state index is -0.0378. The van der Waals surface area contributed by atoms with E-state index in [4.69, 9.17) is 0 Å². The van der Waals surface area contributed by atoms with E-state index in [0.717, 1.165) is 24.2 Å². The van der Waals surface area contributed by atoms with E-state index in [0.29, 0.717) is 17.8 Å². The molecule has 0 bridgehead atoms. The zero-order chi connectivity index (χ0) is 16.7. The van der Waals surface area contributed by atoms with Crippen molar-refractivity contribution in [3.63, 3.8) is 0 Å². The molecule has 0 saturated heterocycles. The van der Waals surface area contributed by atoms with E-state index in [9.17, 15) is 9.59 Å². The highest BCUT2D eigenvalue weighted by atomic mass is 16.2. The fraction of sp³-hybridized carbons (Fsp3) is 0.444. The average Bonchev–Trinajstić information content (AvgIpc) is 3.10. The third-order valence-corrected chi connectivity index (χ3v) is 4.82. The van der Waals surface area contributed by atoms with Crippen molar-refractivity contribution in [1.82, 2.24) is 14.5 Å². The fourth-order valence-electron chi connectivity index (χ4n) is 3.70. The molecule has 0 saturated carbocycles. The van der Waals surface area contributed by atoms with Gasteiger partial charge < -0.3 is 14.5 Å². The number of ketones is 1. The van der Waals surface area contributed by atoms with Crippen LogP contribution in [0.4, 0.5) is 0 Å². The quantitative estimate of drug-likeness (QED) is 0.884. The van der Waals surface area contributed by atoms with Gasteiger partial charge in [-0.25, -0.2) is 0 Å². The van der Waals surface area contributed by atoms with Crippen molar-refractivity contribution in [1.29, 1.82) is 0 Å². The zero-order valence-electron chi connectivity index (χ0n) is 14.1. The maximum absolute atomic E-state index is 13.2. The number of rotatable bonds is 3. The molecule has 3 heterocycles. The van der Waals surface area contributed by atoms with E-state index in [1.165, 1.54) is 12.6 Å². The maximum atomic E-state index is 13.2. The number of carbonyl (C=O) groups is 2. The monoisotopic (exact) mass is 313 g/mol. The molecule has 0 fully saturated rings. The summed E-state index contributed by atoms with van der Waals surface area (Å²) < 4.78 is 2.22. The molecule has 1 amide bonds. The molecular weight excluding hydrogens is 290 g/mol. The maximum Gasteiger partial charge on any atom is 0.256 e. The Kier molecular flexibility index (Phi) is 3.88. The van der Waals surface area contributed by atoms with Gasteiger partial charge in [0.05, 0.1) is 17.3 Å². The van der Waals surface area contributed by atoms with Crippen molar-refractivity contribution in [2.24, 2.45) is 0 Å². The van der Waals surface area contributed by atoms with Gasteiger partial charge in [0.1, 0.15) is 0 Å². The summed E-state index contributed by atoms with van der Waals surface area (Å²) in [5, 5.41) is 0. The SMILES string of the molecule is CC[C@H]1c2cccn2CCN1C(=O)c1c(C)[nH]c(C(C)=O)c1C. The van der Waals surface area contributed by atoms with Gasteiger partial charge in [-0.2, -0.15) is 0 Å². The van der Waals surface area contributed by atoms with E-state index in [1.807, 2.05) is 24.8 Å². The van der Waals surface area contributed by atoms with Gasteiger partial charge in [0.15, 0.2) is 5.78 Å². The molecule has 23 heavy (non-hydrogen) atoms. The Morgan fingerprint density at radius 3 is 2.65 bits per heavy atom. The van der Waals surface area contributed by atoms with E-state index in [1.54, 1.807) is 0 Å². The Bertz CT molecular complexity index is 769. The Hall–Kier alpha value is -2.30. The number of aryl methyl sites for hydroxylation is 1. The Morgan fingerprint density at radius 1 is 1.30 bits per heavy atom. The van der Waals surface area contributed by atoms with Crippen LogP contribution in [-0.4, -0.2) is 32.7 Å². The van der Waals surface area contributed by atoms with Crippen LogP contribution in [0.3, 0.4) is 0 Å². The lowest BCUT2D eigenvalue weighted by Gasteiger charge is -2.36. The number of nitrogens with one attached hydrogen (secondary N) is 1. The second-order valence-electron chi connectivity index (χ2n) is 6.23. The van der Waals surface area contributed by atoms with Gasteiger partial charge in [-0.05, 0) is 38.0 Å². The summed E-state index contributed by atoms with van der Waals surface area (Å²) in [6, 6.07) is 4.21. The first-order chi connectivity index (χ1) is 11.0. The Morgan fingerprint density at radius 2 is 2.04 bits per heavy atom. The van der Waals surface area contributed by atoms with Gasteiger partial charge in [-0.3, -0.25) is 9.59 Å². The molecule has 5 nitrogen and oxygen atoms in total. The zero-order valence-corrected chi connectivity index (χ0v) is 14.1. The number of hydrogen-bond donors (Lipinski definition) is 1. The van der Waals surface area contributed by atoms with Crippen molar-refractivity contribution < 1.29 is 9.59 Å². The summed E-state index contributed by atoms with van der Waals surface area (Å²) in [4.78, 5) is 29.9. The smallest absolute Gasteiger partial charge is 0.256 e. The minimum absolute atomic E-state index is 0.0167. The first-order valence-corrected chi connectivity index (χ1v) is 8.11. The first-order valence-electron chi connectivity index (χ1n) is 8.11.